The molecule has 1 aliphatic rings. The molecule has 0 saturated heterocycles. The lowest BCUT2D eigenvalue weighted by Crippen LogP contribution is -1.88. The Morgan fingerprint density at radius 1 is 1.43 bits per heavy atom. The maximum Gasteiger partial charge on any atom is 0.120 e. The van der Waals surface area contributed by atoms with Crippen LogP contribution in [0.5, 0.6) is 0 Å². The van der Waals surface area contributed by atoms with Gasteiger partial charge >= 0.3 is 0 Å². The quantitative estimate of drug-likeness (QED) is 0.694. The van der Waals surface area contributed by atoms with Gasteiger partial charge in [-0.15, -0.1) is 0 Å². The second-order valence-corrected chi connectivity index (χ2v) is 4.24. The molecule has 1 fully saturated rings. The first-order valence-electron chi connectivity index (χ1n) is 5.03. The van der Waals surface area contributed by atoms with Gasteiger partial charge in [-0.25, -0.2) is 0 Å². The minimum atomic E-state index is 0.582. The molecule has 2 rings (SSSR count). The van der Waals surface area contributed by atoms with E-state index in [0.29, 0.717) is 12.3 Å². The molecule has 0 bridgehead atoms. The standard InChI is InChI=1S/C12H13ClO/c13-12-8-9(2-1-7-14)3-6-11(12)10-4-5-10/h3,6-8,10H,1-2,4-5H2. The number of benzene rings is 1. The van der Waals surface area contributed by atoms with E-state index in [4.69, 9.17) is 11.6 Å². The second kappa shape index (κ2) is 4.14. The predicted molar refractivity (Wildman–Crippen MR) is 57.8 cm³/mol. The van der Waals surface area contributed by atoms with Gasteiger partial charge in [0.15, 0.2) is 0 Å². The molecular weight excluding hydrogens is 196 g/mol. The summed E-state index contributed by atoms with van der Waals surface area (Å²) in [5.74, 6) is 0.697. The molecule has 1 aromatic carbocycles. The van der Waals surface area contributed by atoms with Crippen molar-refractivity contribution in [3.63, 3.8) is 0 Å². The van der Waals surface area contributed by atoms with Gasteiger partial charge in [0, 0.05) is 11.4 Å². The Morgan fingerprint density at radius 2 is 2.21 bits per heavy atom. The molecule has 0 atom stereocenters. The van der Waals surface area contributed by atoms with E-state index in [2.05, 4.69) is 12.1 Å². The summed E-state index contributed by atoms with van der Waals surface area (Å²) in [4.78, 5) is 10.2. The molecule has 0 amide bonds. The van der Waals surface area contributed by atoms with Crippen LogP contribution in [-0.4, -0.2) is 6.29 Å². The van der Waals surface area contributed by atoms with Crippen LogP contribution in [0.4, 0.5) is 0 Å². The molecule has 74 valence electrons. The highest BCUT2D eigenvalue weighted by Crippen LogP contribution is 2.43. The average molecular weight is 209 g/mol. The van der Waals surface area contributed by atoms with Crippen LogP contribution in [0.15, 0.2) is 18.2 Å². The lowest BCUT2D eigenvalue weighted by molar-refractivity contribution is -0.107. The van der Waals surface area contributed by atoms with Crippen LogP contribution in [0.3, 0.4) is 0 Å². The van der Waals surface area contributed by atoms with Crippen molar-refractivity contribution < 1.29 is 4.79 Å². The molecule has 1 saturated carbocycles. The lowest BCUT2D eigenvalue weighted by atomic mass is 10.1. The summed E-state index contributed by atoms with van der Waals surface area (Å²) in [5, 5.41) is 0.871. The monoisotopic (exact) mass is 208 g/mol. The minimum Gasteiger partial charge on any atom is -0.303 e. The molecule has 1 aliphatic carbocycles. The van der Waals surface area contributed by atoms with Crippen LogP contribution in [0.25, 0.3) is 0 Å². The number of halogens is 1. The van der Waals surface area contributed by atoms with Gasteiger partial charge in [0.2, 0.25) is 0 Å². The Morgan fingerprint density at radius 3 is 2.79 bits per heavy atom. The molecule has 1 aromatic rings. The van der Waals surface area contributed by atoms with Crippen LogP contribution in [-0.2, 0) is 11.2 Å². The van der Waals surface area contributed by atoms with E-state index in [1.165, 1.54) is 18.4 Å². The molecule has 0 radical (unpaired) electrons. The normalized spacial score (nSPS) is 15.5. The Kier molecular flexibility index (Phi) is 2.87. The molecule has 0 unspecified atom stereocenters. The maximum atomic E-state index is 10.2. The number of aldehydes is 1. The van der Waals surface area contributed by atoms with Crippen molar-refractivity contribution in [3.8, 4) is 0 Å². The molecule has 14 heavy (non-hydrogen) atoms. The van der Waals surface area contributed by atoms with Crippen molar-refractivity contribution in [3.05, 3.63) is 34.3 Å². The van der Waals surface area contributed by atoms with E-state index >= 15 is 0 Å². The summed E-state index contributed by atoms with van der Waals surface area (Å²) in [6.07, 6.45) is 4.87. The fourth-order valence-corrected chi connectivity index (χ4v) is 2.03. The highest BCUT2D eigenvalue weighted by atomic mass is 35.5. The van der Waals surface area contributed by atoms with Gasteiger partial charge < -0.3 is 4.79 Å². The van der Waals surface area contributed by atoms with Gasteiger partial charge in [0.05, 0.1) is 0 Å². The SMILES string of the molecule is O=CCCc1ccc(C2CC2)c(Cl)c1. The van der Waals surface area contributed by atoms with Crippen LogP contribution >= 0.6 is 11.6 Å². The van der Waals surface area contributed by atoms with Crippen molar-refractivity contribution >= 4 is 17.9 Å². The van der Waals surface area contributed by atoms with Gasteiger partial charge in [0.25, 0.3) is 0 Å². The number of carbonyl (C=O) groups is 1. The predicted octanol–water partition coefficient (Wildman–Crippen LogP) is 3.35. The number of carbonyl (C=O) groups excluding carboxylic acids is 1. The summed E-state index contributed by atoms with van der Waals surface area (Å²) in [6, 6.07) is 6.20. The van der Waals surface area contributed by atoms with E-state index in [0.717, 1.165) is 23.3 Å². The van der Waals surface area contributed by atoms with Crippen molar-refractivity contribution in [2.45, 2.75) is 31.6 Å². The van der Waals surface area contributed by atoms with Crippen molar-refractivity contribution in [1.82, 2.24) is 0 Å². The number of rotatable bonds is 4. The number of aryl methyl sites for hydroxylation is 1. The van der Waals surface area contributed by atoms with Crippen LogP contribution < -0.4 is 0 Å². The number of hydrogen-bond acceptors (Lipinski definition) is 1. The highest BCUT2D eigenvalue weighted by molar-refractivity contribution is 6.31. The Hall–Kier alpha value is -0.820. The zero-order chi connectivity index (χ0) is 9.97. The summed E-state index contributed by atoms with van der Waals surface area (Å²) < 4.78 is 0. The maximum absolute atomic E-state index is 10.2. The van der Waals surface area contributed by atoms with Crippen molar-refractivity contribution in [1.29, 1.82) is 0 Å². The second-order valence-electron chi connectivity index (χ2n) is 3.84. The highest BCUT2D eigenvalue weighted by Gasteiger charge is 2.25. The zero-order valence-corrected chi connectivity index (χ0v) is 8.76. The fraction of sp³-hybridized carbons (Fsp3) is 0.417. The smallest absolute Gasteiger partial charge is 0.120 e. The fourth-order valence-electron chi connectivity index (χ4n) is 1.68. The summed E-state index contributed by atoms with van der Waals surface area (Å²) in [5.41, 5.74) is 2.44. The Labute approximate surface area is 89.1 Å². The summed E-state index contributed by atoms with van der Waals surface area (Å²) in [7, 11) is 0. The van der Waals surface area contributed by atoms with E-state index < -0.39 is 0 Å². The third-order valence-electron chi connectivity index (χ3n) is 2.63. The third-order valence-corrected chi connectivity index (χ3v) is 2.96. The lowest BCUT2D eigenvalue weighted by Gasteiger charge is -2.04. The summed E-state index contributed by atoms with van der Waals surface area (Å²) >= 11 is 6.15. The van der Waals surface area contributed by atoms with E-state index in [9.17, 15) is 4.79 Å². The van der Waals surface area contributed by atoms with Crippen LogP contribution in [0.1, 0.15) is 36.3 Å². The van der Waals surface area contributed by atoms with Gasteiger partial charge in [-0.3, -0.25) is 0 Å². The molecule has 0 spiro atoms. The molecule has 1 nitrogen and oxygen atoms in total. The van der Waals surface area contributed by atoms with Gasteiger partial charge in [-0.05, 0) is 42.4 Å². The van der Waals surface area contributed by atoms with Gasteiger partial charge in [0.1, 0.15) is 6.29 Å². The first-order chi connectivity index (χ1) is 6.81. The Balaban J connectivity index is 2.12. The minimum absolute atomic E-state index is 0.582. The Bertz CT molecular complexity index is 342. The molecule has 2 heteroatoms. The van der Waals surface area contributed by atoms with Gasteiger partial charge in [-0.2, -0.15) is 0 Å². The van der Waals surface area contributed by atoms with Crippen LogP contribution in [0.2, 0.25) is 5.02 Å². The zero-order valence-electron chi connectivity index (χ0n) is 8.00. The van der Waals surface area contributed by atoms with E-state index in [-0.39, 0.29) is 0 Å². The van der Waals surface area contributed by atoms with E-state index in [1.807, 2.05) is 6.07 Å². The first kappa shape index (κ1) is 9.72. The summed E-state index contributed by atoms with van der Waals surface area (Å²) in [6.45, 7) is 0. The first-order valence-corrected chi connectivity index (χ1v) is 5.41. The average Bonchev–Trinajstić information content (AvgIpc) is 2.98. The molecular formula is C12H13ClO. The number of hydrogen-bond donors (Lipinski definition) is 0. The van der Waals surface area contributed by atoms with Crippen LogP contribution in [0, 0.1) is 0 Å². The van der Waals surface area contributed by atoms with Crippen molar-refractivity contribution in [2.24, 2.45) is 0 Å². The largest absolute Gasteiger partial charge is 0.303 e. The molecule has 0 aliphatic heterocycles. The third kappa shape index (κ3) is 2.16. The van der Waals surface area contributed by atoms with Crippen molar-refractivity contribution in [2.75, 3.05) is 0 Å². The topological polar surface area (TPSA) is 17.1 Å². The van der Waals surface area contributed by atoms with Gasteiger partial charge in [-0.1, -0.05) is 23.7 Å². The molecule has 0 aromatic heterocycles. The van der Waals surface area contributed by atoms with E-state index in [1.54, 1.807) is 0 Å². The molecule has 0 N–H and O–H groups in total. The molecule has 0 heterocycles.